The van der Waals surface area contributed by atoms with Crippen molar-refractivity contribution in [1.82, 2.24) is 4.90 Å². The average molecular weight is 324 g/mol. The summed E-state index contributed by atoms with van der Waals surface area (Å²) in [4.78, 5) is 14.0. The second kappa shape index (κ2) is 9.21. The second-order valence-electron chi connectivity index (χ2n) is 5.08. The summed E-state index contributed by atoms with van der Waals surface area (Å²) in [6, 6.07) is 13.2. The molecule has 0 radical (unpaired) electrons. The molecule has 0 aliphatic heterocycles. The Balaban J connectivity index is 2.01. The number of nitriles is 1. The lowest BCUT2D eigenvalue weighted by Gasteiger charge is -2.18. The molecule has 0 saturated heterocycles. The van der Waals surface area contributed by atoms with E-state index in [4.69, 9.17) is 14.4 Å². The third-order valence-corrected chi connectivity index (χ3v) is 3.34. The third-order valence-electron chi connectivity index (χ3n) is 3.34. The monoisotopic (exact) mass is 324 g/mol. The SMILES string of the molecule is CCOc1ccc(/C=C/C(=O)N(CCC#N)Cc2ccco2)cc1. The molecule has 0 unspecified atom stereocenters. The standard InChI is InChI=1S/C19H20N2O3/c1-2-23-17-9-6-16(7-10-17)8-11-19(22)21(13-4-12-20)15-18-5-3-14-24-18/h3,5-11,14H,2,4,13,15H2,1H3/b11-8+. The molecule has 0 saturated carbocycles. The first-order valence-electron chi connectivity index (χ1n) is 7.82. The minimum Gasteiger partial charge on any atom is -0.494 e. The molecule has 124 valence electrons. The molecule has 1 aromatic carbocycles. The molecule has 5 nitrogen and oxygen atoms in total. The Bertz CT molecular complexity index is 697. The summed E-state index contributed by atoms with van der Waals surface area (Å²) in [5.41, 5.74) is 0.907. The predicted molar refractivity (Wildman–Crippen MR) is 91.0 cm³/mol. The molecular weight excluding hydrogens is 304 g/mol. The number of hydrogen-bond acceptors (Lipinski definition) is 4. The lowest BCUT2D eigenvalue weighted by Crippen LogP contribution is -2.29. The number of amides is 1. The predicted octanol–water partition coefficient (Wildman–Crippen LogP) is 3.63. The van der Waals surface area contributed by atoms with Gasteiger partial charge in [0.15, 0.2) is 0 Å². The minimum atomic E-state index is -0.157. The molecule has 0 aliphatic rings. The Labute approximate surface area is 141 Å². The van der Waals surface area contributed by atoms with Gasteiger partial charge in [0.05, 0.1) is 31.9 Å². The van der Waals surface area contributed by atoms with Crippen LogP contribution in [0.4, 0.5) is 0 Å². The largest absolute Gasteiger partial charge is 0.494 e. The van der Waals surface area contributed by atoms with Crippen LogP contribution in [0.3, 0.4) is 0 Å². The summed E-state index contributed by atoms with van der Waals surface area (Å²) in [6.45, 7) is 3.26. The van der Waals surface area contributed by atoms with Gasteiger partial charge in [0, 0.05) is 12.6 Å². The fraction of sp³-hybridized carbons (Fsp3) is 0.263. The quantitative estimate of drug-likeness (QED) is 0.695. The normalized spacial score (nSPS) is 10.5. The van der Waals surface area contributed by atoms with Crippen LogP contribution in [0.2, 0.25) is 0 Å². The number of ether oxygens (including phenoxy) is 1. The molecule has 1 amide bonds. The highest BCUT2D eigenvalue weighted by atomic mass is 16.5. The number of nitrogens with zero attached hydrogens (tertiary/aromatic N) is 2. The first kappa shape index (κ1) is 17.4. The number of rotatable bonds is 8. The van der Waals surface area contributed by atoms with E-state index in [2.05, 4.69) is 6.07 Å². The van der Waals surface area contributed by atoms with Gasteiger partial charge < -0.3 is 14.1 Å². The van der Waals surface area contributed by atoms with Crippen LogP contribution in [0, 0.1) is 11.3 Å². The van der Waals surface area contributed by atoms with Crippen molar-refractivity contribution < 1.29 is 13.9 Å². The molecule has 0 atom stereocenters. The number of benzene rings is 1. The van der Waals surface area contributed by atoms with Crippen molar-refractivity contribution in [3.63, 3.8) is 0 Å². The van der Waals surface area contributed by atoms with Crippen molar-refractivity contribution >= 4 is 12.0 Å². The molecular formula is C19H20N2O3. The summed E-state index contributed by atoms with van der Waals surface area (Å²) in [5, 5.41) is 8.76. The zero-order valence-corrected chi connectivity index (χ0v) is 13.6. The second-order valence-corrected chi connectivity index (χ2v) is 5.08. The van der Waals surface area contributed by atoms with Crippen LogP contribution < -0.4 is 4.74 Å². The maximum absolute atomic E-state index is 12.4. The Morgan fingerprint density at radius 1 is 1.33 bits per heavy atom. The molecule has 1 aromatic heterocycles. The van der Waals surface area contributed by atoms with Gasteiger partial charge >= 0.3 is 0 Å². The van der Waals surface area contributed by atoms with Crippen LogP contribution >= 0.6 is 0 Å². The molecule has 2 rings (SSSR count). The highest BCUT2D eigenvalue weighted by Crippen LogP contribution is 2.13. The Hall–Kier alpha value is -3.00. The van der Waals surface area contributed by atoms with E-state index in [-0.39, 0.29) is 12.3 Å². The van der Waals surface area contributed by atoms with Crippen LogP contribution in [-0.4, -0.2) is 24.0 Å². The van der Waals surface area contributed by atoms with Crippen molar-refractivity contribution in [2.24, 2.45) is 0 Å². The minimum absolute atomic E-state index is 0.157. The van der Waals surface area contributed by atoms with E-state index >= 15 is 0 Å². The molecule has 2 aromatic rings. The van der Waals surface area contributed by atoms with E-state index in [1.54, 1.807) is 23.3 Å². The van der Waals surface area contributed by atoms with Gasteiger partial charge in [-0.05, 0) is 42.8 Å². The van der Waals surface area contributed by atoms with E-state index in [0.29, 0.717) is 25.5 Å². The van der Waals surface area contributed by atoms with Gasteiger partial charge in [0.25, 0.3) is 0 Å². The zero-order valence-electron chi connectivity index (χ0n) is 13.6. The molecule has 24 heavy (non-hydrogen) atoms. The fourth-order valence-corrected chi connectivity index (χ4v) is 2.16. The van der Waals surface area contributed by atoms with Crippen LogP contribution in [0.25, 0.3) is 6.08 Å². The smallest absolute Gasteiger partial charge is 0.247 e. The van der Waals surface area contributed by atoms with Crippen molar-refractivity contribution in [2.75, 3.05) is 13.2 Å². The maximum Gasteiger partial charge on any atom is 0.247 e. The van der Waals surface area contributed by atoms with Crippen molar-refractivity contribution in [1.29, 1.82) is 5.26 Å². The summed E-state index contributed by atoms with van der Waals surface area (Å²) >= 11 is 0. The van der Waals surface area contributed by atoms with E-state index in [9.17, 15) is 4.79 Å². The van der Waals surface area contributed by atoms with Crippen LogP contribution in [0.1, 0.15) is 24.7 Å². The number of carbonyl (C=O) groups is 1. The zero-order chi connectivity index (χ0) is 17.2. The lowest BCUT2D eigenvalue weighted by atomic mass is 10.2. The summed E-state index contributed by atoms with van der Waals surface area (Å²) < 4.78 is 10.7. The third kappa shape index (κ3) is 5.33. The van der Waals surface area contributed by atoms with Crippen LogP contribution in [0.5, 0.6) is 5.75 Å². The summed E-state index contributed by atoms with van der Waals surface area (Å²) in [6.07, 6.45) is 5.11. The van der Waals surface area contributed by atoms with Gasteiger partial charge in [0.2, 0.25) is 5.91 Å². The maximum atomic E-state index is 12.4. The topological polar surface area (TPSA) is 66.5 Å². The van der Waals surface area contributed by atoms with Crippen LogP contribution in [-0.2, 0) is 11.3 Å². The number of furan rings is 1. The molecule has 0 fully saturated rings. The van der Waals surface area contributed by atoms with Crippen molar-refractivity contribution in [3.8, 4) is 11.8 Å². The molecule has 0 bridgehead atoms. The van der Waals surface area contributed by atoms with Crippen LogP contribution in [0.15, 0.2) is 53.2 Å². The summed E-state index contributed by atoms with van der Waals surface area (Å²) in [5.74, 6) is 1.33. The molecule has 0 spiro atoms. The van der Waals surface area contributed by atoms with Crippen molar-refractivity contribution in [2.45, 2.75) is 19.9 Å². The van der Waals surface area contributed by atoms with Gasteiger partial charge in [-0.1, -0.05) is 12.1 Å². The van der Waals surface area contributed by atoms with Gasteiger partial charge in [0.1, 0.15) is 11.5 Å². The average Bonchev–Trinajstić information content (AvgIpc) is 3.11. The number of carbonyl (C=O) groups excluding carboxylic acids is 1. The summed E-state index contributed by atoms with van der Waals surface area (Å²) in [7, 11) is 0. The highest BCUT2D eigenvalue weighted by Gasteiger charge is 2.12. The van der Waals surface area contributed by atoms with E-state index in [1.807, 2.05) is 37.3 Å². The molecule has 0 N–H and O–H groups in total. The highest BCUT2D eigenvalue weighted by molar-refractivity contribution is 5.91. The molecule has 5 heteroatoms. The Morgan fingerprint density at radius 3 is 2.75 bits per heavy atom. The Kier molecular flexibility index (Phi) is 6.66. The first-order chi connectivity index (χ1) is 11.7. The van der Waals surface area contributed by atoms with E-state index < -0.39 is 0 Å². The fourth-order valence-electron chi connectivity index (χ4n) is 2.16. The van der Waals surface area contributed by atoms with Crippen molar-refractivity contribution in [3.05, 3.63) is 60.1 Å². The Morgan fingerprint density at radius 2 is 2.12 bits per heavy atom. The van der Waals surface area contributed by atoms with Gasteiger partial charge in [-0.25, -0.2) is 0 Å². The van der Waals surface area contributed by atoms with Gasteiger partial charge in [-0.2, -0.15) is 5.26 Å². The number of hydrogen-bond donors (Lipinski definition) is 0. The van der Waals surface area contributed by atoms with Gasteiger partial charge in [-0.3, -0.25) is 4.79 Å². The first-order valence-corrected chi connectivity index (χ1v) is 7.82. The molecule has 1 heterocycles. The lowest BCUT2D eigenvalue weighted by molar-refractivity contribution is -0.126. The van der Waals surface area contributed by atoms with E-state index in [1.165, 1.54) is 6.08 Å². The molecule has 0 aliphatic carbocycles. The van der Waals surface area contributed by atoms with Gasteiger partial charge in [-0.15, -0.1) is 0 Å². The van der Waals surface area contributed by atoms with E-state index in [0.717, 1.165) is 11.3 Å².